The first-order valence-corrected chi connectivity index (χ1v) is 12.6. The van der Waals surface area contributed by atoms with Crippen molar-refractivity contribution in [1.82, 2.24) is 20.2 Å². The Morgan fingerprint density at radius 3 is 2.50 bits per heavy atom. The van der Waals surface area contributed by atoms with Crippen LogP contribution in [0.4, 0.5) is 5.69 Å². The minimum Gasteiger partial charge on any atom is -0.508 e. The first-order chi connectivity index (χ1) is 17.5. The standard InChI is InChI=1S/C26H27N5O4S/c1-16-23(15-36-26-28-29-30-31(26)21-9-11-22(33)12-10-21)34-25(19-3-2-4-20(27)13-19)35-24(16)18-7-5-17(14-32)6-8-18/h2-13,16,23-25,32-33H,14-15,27H2,1H3/t16-,23+,24+,25?/m0/s1. The molecule has 0 radical (unpaired) electrons. The van der Waals surface area contributed by atoms with E-state index in [1.54, 1.807) is 28.9 Å². The summed E-state index contributed by atoms with van der Waals surface area (Å²) in [5.74, 6) is 0.788. The Morgan fingerprint density at radius 1 is 1.00 bits per heavy atom. The Bertz CT molecular complexity index is 1300. The number of nitrogens with zero attached hydrogens (tertiary/aromatic N) is 4. The van der Waals surface area contributed by atoms with E-state index in [0.717, 1.165) is 22.4 Å². The highest BCUT2D eigenvalue weighted by atomic mass is 32.2. The Labute approximate surface area is 212 Å². The van der Waals surface area contributed by atoms with Gasteiger partial charge in [0.15, 0.2) is 6.29 Å². The summed E-state index contributed by atoms with van der Waals surface area (Å²) < 4.78 is 14.5. The van der Waals surface area contributed by atoms with Gasteiger partial charge in [-0.25, -0.2) is 0 Å². The van der Waals surface area contributed by atoms with E-state index in [0.29, 0.717) is 16.6 Å². The van der Waals surface area contributed by atoms with Crippen LogP contribution in [-0.4, -0.2) is 42.3 Å². The summed E-state index contributed by atoms with van der Waals surface area (Å²) in [4.78, 5) is 0. The molecule has 0 bridgehead atoms. The number of anilines is 1. The average molecular weight is 506 g/mol. The highest BCUT2D eigenvalue weighted by Gasteiger charge is 2.38. The third kappa shape index (κ3) is 5.21. The fourth-order valence-corrected chi connectivity index (χ4v) is 5.25. The number of aliphatic hydroxyl groups excluding tert-OH is 1. The molecule has 1 unspecified atom stereocenters. The number of hydrogen-bond acceptors (Lipinski definition) is 9. The zero-order chi connectivity index (χ0) is 25.1. The second-order valence-electron chi connectivity index (χ2n) is 8.69. The van der Waals surface area contributed by atoms with Crippen molar-refractivity contribution in [3.63, 3.8) is 0 Å². The molecule has 9 nitrogen and oxygen atoms in total. The summed E-state index contributed by atoms with van der Waals surface area (Å²) in [7, 11) is 0. The molecule has 10 heteroatoms. The van der Waals surface area contributed by atoms with Crippen LogP contribution in [0.25, 0.3) is 5.69 Å². The van der Waals surface area contributed by atoms with Crippen molar-refractivity contribution >= 4 is 17.4 Å². The van der Waals surface area contributed by atoms with Crippen molar-refractivity contribution in [3.8, 4) is 11.4 Å². The number of thioether (sulfide) groups is 1. The number of nitrogen functional groups attached to an aromatic ring is 1. The first kappa shape index (κ1) is 24.3. The van der Waals surface area contributed by atoms with Crippen molar-refractivity contribution in [2.45, 2.75) is 37.2 Å². The second kappa shape index (κ2) is 10.7. The zero-order valence-corrected chi connectivity index (χ0v) is 20.5. The lowest BCUT2D eigenvalue weighted by molar-refractivity contribution is -0.268. The Morgan fingerprint density at radius 2 is 1.78 bits per heavy atom. The van der Waals surface area contributed by atoms with Crippen molar-refractivity contribution < 1.29 is 19.7 Å². The number of aliphatic hydroxyl groups is 1. The van der Waals surface area contributed by atoms with E-state index < -0.39 is 6.29 Å². The average Bonchev–Trinajstić information content (AvgIpc) is 3.37. The maximum atomic E-state index is 9.60. The molecule has 2 heterocycles. The molecule has 1 aliphatic rings. The van der Waals surface area contributed by atoms with Crippen molar-refractivity contribution in [2.75, 3.05) is 11.5 Å². The van der Waals surface area contributed by atoms with Gasteiger partial charge in [0.05, 0.1) is 24.5 Å². The molecule has 0 saturated carbocycles. The molecule has 0 aliphatic carbocycles. The second-order valence-corrected chi connectivity index (χ2v) is 9.68. The molecule has 1 saturated heterocycles. The van der Waals surface area contributed by atoms with E-state index in [-0.39, 0.29) is 30.5 Å². The summed E-state index contributed by atoms with van der Waals surface area (Å²) in [6.07, 6.45) is -0.995. The van der Waals surface area contributed by atoms with Crippen LogP contribution >= 0.6 is 11.8 Å². The third-order valence-corrected chi connectivity index (χ3v) is 7.23. The maximum absolute atomic E-state index is 9.60. The van der Waals surface area contributed by atoms with Crippen LogP contribution in [0.5, 0.6) is 5.75 Å². The topological polar surface area (TPSA) is 129 Å². The van der Waals surface area contributed by atoms with Gasteiger partial charge in [0.25, 0.3) is 0 Å². The first-order valence-electron chi connectivity index (χ1n) is 11.6. The minimum absolute atomic E-state index is 0.00853. The lowest BCUT2D eigenvalue weighted by atomic mass is 9.91. The summed E-state index contributed by atoms with van der Waals surface area (Å²) in [6, 6.07) is 22.0. The van der Waals surface area contributed by atoms with Gasteiger partial charge in [-0.15, -0.1) is 5.10 Å². The van der Waals surface area contributed by atoms with Crippen LogP contribution < -0.4 is 5.73 Å². The lowest BCUT2D eigenvalue weighted by Crippen LogP contribution is -2.38. The highest BCUT2D eigenvalue weighted by Crippen LogP contribution is 2.43. The molecule has 186 valence electrons. The number of ether oxygens (including phenoxy) is 2. The summed E-state index contributed by atoms with van der Waals surface area (Å²) in [6.45, 7) is 2.10. The van der Waals surface area contributed by atoms with Gasteiger partial charge in [0.2, 0.25) is 5.16 Å². The van der Waals surface area contributed by atoms with Gasteiger partial charge in [0, 0.05) is 22.9 Å². The summed E-state index contributed by atoms with van der Waals surface area (Å²) in [5.41, 5.74) is 10.1. The molecular weight excluding hydrogens is 478 g/mol. The van der Waals surface area contributed by atoms with E-state index in [1.165, 1.54) is 11.8 Å². The van der Waals surface area contributed by atoms with Crippen LogP contribution in [0, 0.1) is 5.92 Å². The maximum Gasteiger partial charge on any atom is 0.214 e. The molecule has 3 aromatic carbocycles. The van der Waals surface area contributed by atoms with Crippen molar-refractivity contribution in [2.24, 2.45) is 5.92 Å². The molecule has 1 fully saturated rings. The van der Waals surface area contributed by atoms with Gasteiger partial charge in [-0.2, -0.15) is 4.68 Å². The molecule has 4 atom stereocenters. The highest BCUT2D eigenvalue weighted by molar-refractivity contribution is 7.99. The van der Waals surface area contributed by atoms with Crippen LogP contribution in [0.15, 0.2) is 78.0 Å². The number of phenols is 1. The van der Waals surface area contributed by atoms with Crippen molar-refractivity contribution in [3.05, 3.63) is 89.5 Å². The van der Waals surface area contributed by atoms with E-state index >= 15 is 0 Å². The van der Waals surface area contributed by atoms with Crippen molar-refractivity contribution in [1.29, 1.82) is 0 Å². The molecule has 36 heavy (non-hydrogen) atoms. The number of phenolic OH excluding ortho intramolecular Hbond substituents is 1. The summed E-state index contributed by atoms with van der Waals surface area (Å²) in [5, 5.41) is 31.8. The van der Waals surface area contributed by atoms with E-state index in [9.17, 15) is 10.2 Å². The lowest BCUT2D eigenvalue weighted by Gasteiger charge is -2.41. The third-order valence-electron chi connectivity index (χ3n) is 6.22. The fraction of sp³-hybridized carbons (Fsp3) is 0.269. The van der Waals surface area contributed by atoms with Crippen LogP contribution in [0.3, 0.4) is 0 Å². The monoisotopic (exact) mass is 505 g/mol. The smallest absolute Gasteiger partial charge is 0.214 e. The number of tetrazole rings is 1. The molecule has 0 amide bonds. The number of aromatic nitrogens is 4. The Balaban J connectivity index is 1.39. The quantitative estimate of drug-likeness (QED) is 0.252. The Hall–Kier alpha value is -3.44. The zero-order valence-electron chi connectivity index (χ0n) is 19.6. The number of rotatable bonds is 7. The molecular formula is C26H27N5O4S. The van der Waals surface area contributed by atoms with Gasteiger partial charge in [-0.1, -0.05) is 55.1 Å². The summed E-state index contributed by atoms with van der Waals surface area (Å²) >= 11 is 1.49. The number of aromatic hydroxyl groups is 1. The predicted octanol–water partition coefficient (Wildman–Crippen LogP) is 4.03. The minimum atomic E-state index is -0.592. The van der Waals surface area contributed by atoms with E-state index in [1.807, 2.05) is 48.5 Å². The van der Waals surface area contributed by atoms with Crippen LogP contribution in [0.1, 0.15) is 36.0 Å². The number of nitrogens with two attached hydrogens (primary N) is 1. The molecule has 0 spiro atoms. The number of benzene rings is 3. The van der Waals surface area contributed by atoms with E-state index in [2.05, 4.69) is 22.4 Å². The van der Waals surface area contributed by atoms with Gasteiger partial charge >= 0.3 is 0 Å². The fourth-order valence-electron chi connectivity index (χ4n) is 4.20. The molecule has 5 rings (SSSR count). The predicted molar refractivity (Wildman–Crippen MR) is 135 cm³/mol. The number of hydrogen-bond donors (Lipinski definition) is 3. The van der Waals surface area contributed by atoms with Crippen LogP contribution in [0.2, 0.25) is 0 Å². The van der Waals surface area contributed by atoms with Crippen LogP contribution in [-0.2, 0) is 16.1 Å². The van der Waals surface area contributed by atoms with Gasteiger partial charge < -0.3 is 25.4 Å². The van der Waals surface area contributed by atoms with Gasteiger partial charge in [-0.05, 0) is 58.0 Å². The molecule has 4 aromatic rings. The molecule has 1 aliphatic heterocycles. The van der Waals surface area contributed by atoms with Gasteiger partial charge in [-0.3, -0.25) is 0 Å². The van der Waals surface area contributed by atoms with E-state index in [4.69, 9.17) is 15.2 Å². The normalized spacial score (nSPS) is 21.9. The Kier molecular flexibility index (Phi) is 7.19. The largest absolute Gasteiger partial charge is 0.508 e. The molecule has 1 aromatic heterocycles. The molecule has 4 N–H and O–H groups in total. The van der Waals surface area contributed by atoms with Gasteiger partial charge in [0.1, 0.15) is 5.75 Å². The SMILES string of the molecule is C[C@H]1[C@@H](CSc2nnnn2-c2ccc(O)cc2)OC(c2cccc(N)c2)O[C@H]1c1ccc(CO)cc1.